The molecule has 0 aliphatic carbocycles. The fourth-order valence-corrected chi connectivity index (χ4v) is 3.37. The lowest BCUT2D eigenvalue weighted by Gasteiger charge is -2.28. The lowest BCUT2D eigenvalue weighted by Crippen LogP contribution is -2.38. The zero-order valence-corrected chi connectivity index (χ0v) is 16.9. The molecule has 0 fully saturated rings. The molecule has 2 aromatic carbocycles. The molecule has 1 amide bonds. The number of aromatic nitrogens is 2. The van der Waals surface area contributed by atoms with Crippen molar-refractivity contribution in [3.63, 3.8) is 0 Å². The molecule has 0 saturated carbocycles. The Bertz CT molecular complexity index is 1120. The Kier molecular flexibility index (Phi) is 5.85. The minimum absolute atomic E-state index is 0.220. The Morgan fingerprint density at radius 2 is 1.91 bits per heavy atom. The maximum atomic E-state index is 12.5. The predicted octanol–water partition coefficient (Wildman–Crippen LogP) is 4.61. The van der Waals surface area contributed by atoms with Crippen LogP contribution in [0.4, 0.5) is 18.0 Å². The summed E-state index contributed by atoms with van der Waals surface area (Å²) in [4.78, 5) is 22.2. The van der Waals surface area contributed by atoms with Crippen molar-refractivity contribution in [2.24, 2.45) is 0 Å². The normalized spacial score (nSPS) is 13.4. The highest BCUT2D eigenvalue weighted by Crippen LogP contribution is 2.38. The summed E-state index contributed by atoms with van der Waals surface area (Å²) >= 11 is 0. The topological polar surface area (TPSA) is 73.8 Å². The molecule has 0 atom stereocenters. The van der Waals surface area contributed by atoms with Crippen LogP contribution in [0.1, 0.15) is 11.4 Å². The molecular weight excluding hydrogens is 427 g/mol. The molecule has 4 rings (SSSR count). The molecule has 32 heavy (non-hydrogen) atoms. The van der Waals surface area contributed by atoms with Crippen molar-refractivity contribution in [1.29, 1.82) is 0 Å². The average molecular weight is 445 g/mol. The van der Waals surface area contributed by atoms with Crippen LogP contribution in [0.3, 0.4) is 0 Å². The quantitative estimate of drug-likeness (QED) is 0.552. The summed E-state index contributed by atoms with van der Waals surface area (Å²) in [5, 5.41) is 0. The van der Waals surface area contributed by atoms with E-state index in [9.17, 15) is 18.0 Å². The maximum absolute atomic E-state index is 12.5. The number of alkyl halides is 3. The molecule has 0 radical (unpaired) electrons. The number of ether oxygens (including phenoxy) is 3. The molecule has 7 nitrogen and oxygen atoms in total. The van der Waals surface area contributed by atoms with Crippen molar-refractivity contribution < 1.29 is 32.2 Å². The van der Waals surface area contributed by atoms with Gasteiger partial charge in [0, 0.05) is 42.6 Å². The van der Waals surface area contributed by atoms with Crippen LogP contribution in [0, 0.1) is 0 Å². The highest BCUT2D eigenvalue weighted by Gasteiger charge is 2.31. The van der Waals surface area contributed by atoms with Crippen molar-refractivity contribution in [3.8, 4) is 28.4 Å². The summed E-state index contributed by atoms with van der Waals surface area (Å²) in [6, 6.07) is 10.8. The van der Waals surface area contributed by atoms with E-state index < -0.39 is 12.5 Å². The van der Waals surface area contributed by atoms with E-state index >= 15 is 0 Å². The van der Waals surface area contributed by atoms with E-state index in [0.717, 1.165) is 5.56 Å². The smallest absolute Gasteiger partial charge is 0.496 e. The third-order valence-electron chi connectivity index (χ3n) is 4.82. The summed E-state index contributed by atoms with van der Waals surface area (Å²) in [6.07, 6.45) is -1.52. The molecule has 0 saturated heterocycles. The second-order valence-corrected chi connectivity index (χ2v) is 6.94. The zero-order chi connectivity index (χ0) is 22.7. The molecule has 0 unspecified atom stereocenters. The summed E-state index contributed by atoms with van der Waals surface area (Å²) in [6.45, 7) is 0.686. The third-order valence-corrected chi connectivity index (χ3v) is 4.82. The number of nitrogens with zero attached hydrogens (tertiary/aromatic N) is 3. The number of halogens is 3. The SMILES string of the molecule is COc1cc(OC(F)(F)F)ccc1-c1ccc2c(c1)CN(CCc1ncccn1)C(=O)O2. The minimum Gasteiger partial charge on any atom is -0.496 e. The number of benzene rings is 2. The van der Waals surface area contributed by atoms with Crippen LogP contribution in [0.25, 0.3) is 11.1 Å². The summed E-state index contributed by atoms with van der Waals surface area (Å²) in [7, 11) is 1.36. The molecule has 0 spiro atoms. The van der Waals surface area contributed by atoms with Gasteiger partial charge in [-0.05, 0) is 35.9 Å². The number of hydrogen-bond donors (Lipinski definition) is 0. The van der Waals surface area contributed by atoms with E-state index in [1.165, 1.54) is 25.3 Å². The number of carbonyl (C=O) groups is 1. The van der Waals surface area contributed by atoms with Gasteiger partial charge in [-0.15, -0.1) is 13.2 Å². The summed E-state index contributed by atoms with van der Waals surface area (Å²) in [5.41, 5.74) is 2.03. The van der Waals surface area contributed by atoms with Gasteiger partial charge in [0.2, 0.25) is 0 Å². The predicted molar refractivity (Wildman–Crippen MR) is 107 cm³/mol. The Morgan fingerprint density at radius 3 is 2.62 bits per heavy atom. The fourth-order valence-electron chi connectivity index (χ4n) is 3.37. The van der Waals surface area contributed by atoms with Crippen LogP contribution in [-0.4, -0.2) is 41.0 Å². The highest BCUT2D eigenvalue weighted by atomic mass is 19.4. The molecule has 1 aliphatic rings. The van der Waals surface area contributed by atoms with E-state index in [4.69, 9.17) is 9.47 Å². The number of carbonyl (C=O) groups excluding carboxylic acids is 1. The van der Waals surface area contributed by atoms with Crippen LogP contribution in [-0.2, 0) is 13.0 Å². The van der Waals surface area contributed by atoms with Gasteiger partial charge in [0.25, 0.3) is 0 Å². The second-order valence-electron chi connectivity index (χ2n) is 6.94. The van der Waals surface area contributed by atoms with Gasteiger partial charge in [0.1, 0.15) is 23.1 Å². The van der Waals surface area contributed by atoms with Gasteiger partial charge < -0.3 is 19.1 Å². The number of methoxy groups -OCH3 is 1. The molecule has 1 aromatic heterocycles. The molecule has 0 N–H and O–H groups in total. The first-order valence-corrected chi connectivity index (χ1v) is 9.62. The first kappa shape index (κ1) is 21.4. The molecule has 166 valence electrons. The minimum atomic E-state index is -4.80. The number of hydrogen-bond acceptors (Lipinski definition) is 6. The van der Waals surface area contributed by atoms with Crippen molar-refractivity contribution in [1.82, 2.24) is 14.9 Å². The molecule has 10 heteroatoms. The molecular formula is C22H18F3N3O4. The highest BCUT2D eigenvalue weighted by molar-refractivity contribution is 5.77. The van der Waals surface area contributed by atoms with E-state index in [1.54, 1.807) is 35.5 Å². The van der Waals surface area contributed by atoms with Gasteiger partial charge in [0.05, 0.1) is 13.7 Å². The molecule has 3 aromatic rings. The van der Waals surface area contributed by atoms with Crippen molar-refractivity contribution in [2.45, 2.75) is 19.3 Å². The first-order valence-electron chi connectivity index (χ1n) is 9.62. The van der Waals surface area contributed by atoms with Crippen LogP contribution >= 0.6 is 0 Å². The number of amides is 1. The van der Waals surface area contributed by atoms with E-state index in [1.807, 2.05) is 6.07 Å². The van der Waals surface area contributed by atoms with E-state index in [0.29, 0.717) is 42.2 Å². The van der Waals surface area contributed by atoms with Crippen LogP contribution < -0.4 is 14.2 Å². The molecule has 0 bridgehead atoms. The van der Waals surface area contributed by atoms with Crippen molar-refractivity contribution in [3.05, 3.63) is 66.2 Å². The van der Waals surface area contributed by atoms with Gasteiger partial charge >= 0.3 is 12.5 Å². The van der Waals surface area contributed by atoms with Crippen molar-refractivity contribution in [2.75, 3.05) is 13.7 Å². The average Bonchev–Trinajstić information content (AvgIpc) is 2.77. The lowest BCUT2D eigenvalue weighted by atomic mass is 10.0. The van der Waals surface area contributed by atoms with Gasteiger partial charge in [-0.3, -0.25) is 0 Å². The Morgan fingerprint density at radius 1 is 1.12 bits per heavy atom. The Labute approximate surface area is 181 Å². The van der Waals surface area contributed by atoms with Crippen LogP contribution in [0.15, 0.2) is 54.9 Å². The Balaban J connectivity index is 1.55. The maximum Gasteiger partial charge on any atom is 0.573 e. The van der Waals surface area contributed by atoms with Gasteiger partial charge in [-0.2, -0.15) is 0 Å². The fraction of sp³-hybridized carbons (Fsp3) is 0.227. The van der Waals surface area contributed by atoms with E-state index in [2.05, 4.69) is 14.7 Å². The van der Waals surface area contributed by atoms with Crippen molar-refractivity contribution >= 4 is 6.09 Å². The molecule has 2 heterocycles. The first-order chi connectivity index (χ1) is 15.3. The van der Waals surface area contributed by atoms with Gasteiger partial charge in [-0.1, -0.05) is 6.07 Å². The Hall–Kier alpha value is -3.82. The summed E-state index contributed by atoms with van der Waals surface area (Å²) in [5.74, 6) is 0.893. The number of fused-ring (bicyclic) bond motifs is 1. The summed E-state index contributed by atoms with van der Waals surface area (Å²) < 4.78 is 52.2. The third kappa shape index (κ3) is 4.90. The zero-order valence-electron chi connectivity index (χ0n) is 16.9. The van der Waals surface area contributed by atoms with E-state index in [-0.39, 0.29) is 11.5 Å². The second kappa shape index (κ2) is 8.74. The van der Waals surface area contributed by atoms with Gasteiger partial charge in [-0.25, -0.2) is 14.8 Å². The van der Waals surface area contributed by atoms with Crippen LogP contribution in [0.5, 0.6) is 17.2 Å². The molecule has 1 aliphatic heterocycles. The van der Waals surface area contributed by atoms with Gasteiger partial charge in [0.15, 0.2) is 0 Å². The standard InChI is InChI=1S/C22H18F3N3O4/c1-30-19-12-16(32-22(23,24)25)4-5-17(19)14-3-6-18-15(11-14)13-28(21(29)31-18)10-7-20-26-8-2-9-27-20/h2-6,8-9,11-12H,7,10,13H2,1H3. The largest absolute Gasteiger partial charge is 0.573 e. The lowest BCUT2D eigenvalue weighted by molar-refractivity contribution is -0.274. The monoisotopic (exact) mass is 445 g/mol. The van der Waals surface area contributed by atoms with Crippen LogP contribution in [0.2, 0.25) is 0 Å². The number of rotatable bonds is 6.